The number of fused-ring (bicyclic) bond motifs is 1. The van der Waals surface area contributed by atoms with Crippen molar-refractivity contribution < 1.29 is 5.11 Å². The molecule has 3 heteroatoms. The van der Waals surface area contributed by atoms with Crippen LogP contribution in [-0.2, 0) is 6.61 Å². The lowest BCUT2D eigenvalue weighted by Gasteiger charge is -2.40. The Balaban J connectivity index is 2.09. The van der Waals surface area contributed by atoms with Gasteiger partial charge in [0.2, 0.25) is 0 Å². The second-order valence-electron chi connectivity index (χ2n) is 6.50. The lowest BCUT2D eigenvalue weighted by Crippen LogP contribution is -2.40. The van der Waals surface area contributed by atoms with Crippen molar-refractivity contribution in [2.75, 3.05) is 18.0 Å². The van der Waals surface area contributed by atoms with Crippen LogP contribution in [0.4, 0.5) is 5.69 Å². The standard InChI is InChI=1S/C17H22N2O/c1-17(2)8-5-9-19(12-17)16-10-13(11-20)18-15-7-4-3-6-14(15)16/h3-4,6-7,10,20H,5,8-9,11-12H2,1-2H3. The summed E-state index contributed by atoms with van der Waals surface area (Å²) in [5.74, 6) is 0. The monoisotopic (exact) mass is 270 g/mol. The van der Waals surface area contributed by atoms with Gasteiger partial charge in [0.25, 0.3) is 0 Å². The largest absolute Gasteiger partial charge is 0.390 e. The van der Waals surface area contributed by atoms with Crippen molar-refractivity contribution in [2.45, 2.75) is 33.3 Å². The highest BCUT2D eigenvalue weighted by Crippen LogP contribution is 2.35. The molecule has 0 unspecified atom stereocenters. The van der Waals surface area contributed by atoms with Crippen LogP contribution in [-0.4, -0.2) is 23.2 Å². The molecule has 20 heavy (non-hydrogen) atoms. The maximum atomic E-state index is 9.44. The lowest BCUT2D eigenvalue weighted by molar-refractivity contribution is 0.277. The Morgan fingerprint density at radius 1 is 1.30 bits per heavy atom. The Hall–Kier alpha value is -1.61. The summed E-state index contributed by atoms with van der Waals surface area (Å²) in [6, 6.07) is 10.2. The molecule has 3 nitrogen and oxygen atoms in total. The van der Waals surface area contributed by atoms with E-state index in [1.807, 2.05) is 18.2 Å². The Kier molecular flexibility index (Phi) is 3.38. The predicted molar refractivity (Wildman–Crippen MR) is 82.9 cm³/mol. The summed E-state index contributed by atoms with van der Waals surface area (Å²) in [7, 11) is 0. The quantitative estimate of drug-likeness (QED) is 0.909. The number of piperidine rings is 1. The number of aliphatic hydroxyl groups is 1. The summed E-state index contributed by atoms with van der Waals surface area (Å²) < 4.78 is 0. The molecule has 1 fully saturated rings. The summed E-state index contributed by atoms with van der Waals surface area (Å²) >= 11 is 0. The number of aliphatic hydroxyl groups excluding tert-OH is 1. The van der Waals surface area contributed by atoms with Gasteiger partial charge in [0.05, 0.1) is 17.8 Å². The molecule has 1 aromatic carbocycles. The highest BCUT2D eigenvalue weighted by atomic mass is 16.3. The second-order valence-corrected chi connectivity index (χ2v) is 6.50. The summed E-state index contributed by atoms with van der Waals surface area (Å²) in [5.41, 5.74) is 3.29. The minimum atomic E-state index is -0.00489. The zero-order chi connectivity index (χ0) is 14.2. The molecule has 1 saturated heterocycles. The van der Waals surface area contributed by atoms with Gasteiger partial charge in [-0.15, -0.1) is 0 Å². The molecule has 0 bridgehead atoms. The molecule has 3 rings (SSSR count). The number of rotatable bonds is 2. The van der Waals surface area contributed by atoms with E-state index in [0.717, 1.165) is 24.3 Å². The van der Waals surface area contributed by atoms with Gasteiger partial charge in [-0.1, -0.05) is 32.0 Å². The fourth-order valence-electron chi connectivity index (χ4n) is 3.18. The second kappa shape index (κ2) is 5.06. The Morgan fingerprint density at radius 2 is 2.10 bits per heavy atom. The number of anilines is 1. The fourth-order valence-corrected chi connectivity index (χ4v) is 3.18. The molecule has 1 aliphatic rings. The summed E-state index contributed by atoms with van der Waals surface area (Å²) in [4.78, 5) is 6.96. The minimum Gasteiger partial charge on any atom is -0.390 e. The third-order valence-corrected chi connectivity index (χ3v) is 4.15. The molecule has 0 amide bonds. The van der Waals surface area contributed by atoms with E-state index in [9.17, 15) is 5.11 Å². The molecule has 1 aromatic heterocycles. The van der Waals surface area contributed by atoms with E-state index in [2.05, 4.69) is 35.9 Å². The maximum Gasteiger partial charge on any atom is 0.0854 e. The number of nitrogens with zero attached hydrogens (tertiary/aromatic N) is 2. The third kappa shape index (κ3) is 2.50. The lowest BCUT2D eigenvalue weighted by atomic mass is 9.84. The van der Waals surface area contributed by atoms with Gasteiger partial charge in [-0.2, -0.15) is 0 Å². The van der Waals surface area contributed by atoms with Crippen molar-refractivity contribution >= 4 is 16.6 Å². The first-order valence-electron chi connectivity index (χ1n) is 7.33. The van der Waals surface area contributed by atoms with Crippen LogP contribution in [0.25, 0.3) is 10.9 Å². The van der Waals surface area contributed by atoms with E-state index >= 15 is 0 Å². The van der Waals surface area contributed by atoms with Crippen LogP contribution in [0.15, 0.2) is 30.3 Å². The first-order valence-corrected chi connectivity index (χ1v) is 7.33. The van der Waals surface area contributed by atoms with Gasteiger partial charge in [-0.05, 0) is 30.4 Å². The van der Waals surface area contributed by atoms with Gasteiger partial charge in [0.1, 0.15) is 0 Å². The van der Waals surface area contributed by atoms with Crippen LogP contribution in [0.3, 0.4) is 0 Å². The molecule has 2 heterocycles. The van der Waals surface area contributed by atoms with Gasteiger partial charge in [0.15, 0.2) is 0 Å². The average molecular weight is 270 g/mol. The highest BCUT2D eigenvalue weighted by molar-refractivity contribution is 5.92. The normalized spacial score (nSPS) is 18.4. The van der Waals surface area contributed by atoms with E-state index in [1.54, 1.807) is 0 Å². The summed E-state index contributed by atoms with van der Waals surface area (Å²) in [6.45, 7) is 6.80. The van der Waals surface area contributed by atoms with Crippen LogP contribution in [0, 0.1) is 5.41 Å². The van der Waals surface area contributed by atoms with Gasteiger partial charge in [-0.25, -0.2) is 0 Å². The molecule has 1 N–H and O–H groups in total. The SMILES string of the molecule is CC1(C)CCCN(c2cc(CO)nc3ccccc23)C1. The number of hydrogen-bond acceptors (Lipinski definition) is 3. The van der Waals surface area contributed by atoms with Crippen LogP contribution in [0.2, 0.25) is 0 Å². The zero-order valence-corrected chi connectivity index (χ0v) is 12.3. The molecule has 0 radical (unpaired) electrons. The number of para-hydroxylation sites is 1. The van der Waals surface area contributed by atoms with E-state index in [4.69, 9.17) is 0 Å². The van der Waals surface area contributed by atoms with E-state index in [-0.39, 0.29) is 6.61 Å². The highest BCUT2D eigenvalue weighted by Gasteiger charge is 2.27. The number of benzene rings is 1. The molecule has 0 saturated carbocycles. The van der Waals surface area contributed by atoms with Crippen molar-refractivity contribution in [3.63, 3.8) is 0 Å². The number of aromatic nitrogens is 1. The Morgan fingerprint density at radius 3 is 2.85 bits per heavy atom. The average Bonchev–Trinajstić information content (AvgIpc) is 2.45. The van der Waals surface area contributed by atoms with Crippen molar-refractivity contribution in [3.8, 4) is 0 Å². The van der Waals surface area contributed by atoms with Crippen molar-refractivity contribution in [2.24, 2.45) is 5.41 Å². The molecule has 0 atom stereocenters. The molecule has 2 aromatic rings. The van der Waals surface area contributed by atoms with Crippen LogP contribution in [0.1, 0.15) is 32.4 Å². The first kappa shape index (κ1) is 13.4. The molecular weight excluding hydrogens is 248 g/mol. The predicted octanol–water partition coefficient (Wildman–Crippen LogP) is 3.35. The number of pyridine rings is 1. The van der Waals surface area contributed by atoms with Crippen LogP contribution in [0.5, 0.6) is 0 Å². The van der Waals surface area contributed by atoms with Crippen LogP contribution >= 0.6 is 0 Å². The summed E-state index contributed by atoms with van der Waals surface area (Å²) in [6.07, 6.45) is 2.50. The molecule has 0 spiro atoms. The minimum absolute atomic E-state index is 0.00489. The molecular formula is C17H22N2O. The number of hydrogen-bond donors (Lipinski definition) is 1. The first-order chi connectivity index (χ1) is 9.59. The van der Waals surface area contributed by atoms with Gasteiger partial charge < -0.3 is 10.0 Å². The maximum absolute atomic E-state index is 9.44. The van der Waals surface area contributed by atoms with Crippen molar-refractivity contribution in [3.05, 3.63) is 36.0 Å². The Bertz CT molecular complexity index is 621. The third-order valence-electron chi connectivity index (χ3n) is 4.15. The molecule has 1 aliphatic heterocycles. The van der Waals surface area contributed by atoms with Gasteiger partial charge in [0, 0.05) is 24.2 Å². The van der Waals surface area contributed by atoms with Crippen molar-refractivity contribution in [1.82, 2.24) is 4.98 Å². The van der Waals surface area contributed by atoms with Crippen LogP contribution < -0.4 is 4.90 Å². The van der Waals surface area contributed by atoms with E-state index < -0.39 is 0 Å². The summed E-state index contributed by atoms with van der Waals surface area (Å²) in [5, 5.41) is 10.6. The van der Waals surface area contributed by atoms with Gasteiger partial charge in [-0.3, -0.25) is 4.98 Å². The topological polar surface area (TPSA) is 36.4 Å². The van der Waals surface area contributed by atoms with E-state index in [1.165, 1.54) is 23.9 Å². The van der Waals surface area contributed by atoms with Crippen molar-refractivity contribution in [1.29, 1.82) is 0 Å². The smallest absolute Gasteiger partial charge is 0.0854 e. The van der Waals surface area contributed by atoms with E-state index in [0.29, 0.717) is 5.41 Å². The Labute approximate surface area is 120 Å². The fraction of sp³-hybridized carbons (Fsp3) is 0.471. The molecule has 0 aliphatic carbocycles. The zero-order valence-electron chi connectivity index (χ0n) is 12.3. The van der Waals surface area contributed by atoms with Gasteiger partial charge >= 0.3 is 0 Å². The molecule has 106 valence electrons.